The van der Waals surface area contributed by atoms with Crippen LogP contribution in [0.1, 0.15) is 11.1 Å². The molecule has 1 heterocycles. The summed E-state index contributed by atoms with van der Waals surface area (Å²) in [7, 11) is 0. The van der Waals surface area contributed by atoms with Gasteiger partial charge in [-0.25, -0.2) is 0 Å². The summed E-state index contributed by atoms with van der Waals surface area (Å²) in [5.74, 6) is 0.0566. The first kappa shape index (κ1) is 12.1. The van der Waals surface area contributed by atoms with Crippen molar-refractivity contribution in [1.29, 1.82) is 0 Å². The molecule has 4 heteroatoms. The van der Waals surface area contributed by atoms with Crippen molar-refractivity contribution in [3.63, 3.8) is 0 Å². The van der Waals surface area contributed by atoms with Crippen molar-refractivity contribution in [3.8, 4) is 5.75 Å². The van der Waals surface area contributed by atoms with E-state index in [9.17, 15) is 9.90 Å². The Morgan fingerprint density at radius 3 is 2.67 bits per heavy atom. The second-order valence-electron chi connectivity index (χ2n) is 4.08. The molecule has 1 amide bonds. The zero-order chi connectivity index (χ0) is 13.0. The minimum absolute atomic E-state index is 0.121. The molecular weight excluding hydrogens is 228 g/mol. The number of nitrogens with one attached hydrogen (secondary N) is 1. The molecule has 0 radical (unpaired) electrons. The van der Waals surface area contributed by atoms with Crippen LogP contribution < -0.4 is 5.32 Å². The third-order valence-corrected chi connectivity index (χ3v) is 2.61. The van der Waals surface area contributed by atoms with Crippen LogP contribution in [0.25, 0.3) is 0 Å². The molecule has 0 saturated carbocycles. The lowest BCUT2D eigenvalue weighted by Crippen LogP contribution is -2.14. The molecule has 1 aromatic heterocycles. The maximum Gasteiger partial charge on any atom is 0.228 e. The van der Waals surface area contributed by atoms with E-state index >= 15 is 0 Å². The summed E-state index contributed by atoms with van der Waals surface area (Å²) in [6.45, 7) is 1.80. The number of phenols is 1. The summed E-state index contributed by atoms with van der Waals surface area (Å²) in [6, 6.07) is 8.66. The average molecular weight is 242 g/mol. The van der Waals surface area contributed by atoms with Crippen molar-refractivity contribution in [1.82, 2.24) is 4.98 Å². The van der Waals surface area contributed by atoms with Gasteiger partial charge in [0.25, 0.3) is 0 Å². The summed E-state index contributed by atoms with van der Waals surface area (Å²) in [5.41, 5.74) is 2.28. The van der Waals surface area contributed by atoms with Gasteiger partial charge >= 0.3 is 0 Å². The molecule has 2 N–H and O–H groups in total. The fraction of sp³-hybridized carbons (Fsp3) is 0.143. The van der Waals surface area contributed by atoms with Crippen LogP contribution >= 0.6 is 0 Å². The number of benzene rings is 1. The topological polar surface area (TPSA) is 62.2 Å². The van der Waals surface area contributed by atoms with Crippen molar-refractivity contribution >= 4 is 11.6 Å². The van der Waals surface area contributed by atoms with E-state index in [0.29, 0.717) is 5.69 Å². The Morgan fingerprint density at radius 1 is 1.28 bits per heavy atom. The lowest BCUT2D eigenvalue weighted by Gasteiger charge is -2.06. The molecule has 2 aromatic rings. The number of nitrogens with zero attached hydrogens (tertiary/aromatic N) is 1. The van der Waals surface area contributed by atoms with Crippen molar-refractivity contribution in [2.75, 3.05) is 5.32 Å². The minimum Gasteiger partial charge on any atom is -0.508 e. The van der Waals surface area contributed by atoms with Crippen LogP contribution in [-0.4, -0.2) is 16.0 Å². The Kier molecular flexibility index (Phi) is 3.57. The Hall–Kier alpha value is -2.36. The molecule has 2 rings (SSSR count). The highest BCUT2D eigenvalue weighted by Crippen LogP contribution is 2.20. The zero-order valence-electron chi connectivity index (χ0n) is 10.1. The summed E-state index contributed by atoms with van der Waals surface area (Å²) in [6.07, 6.45) is 3.60. The van der Waals surface area contributed by atoms with Gasteiger partial charge in [0.2, 0.25) is 5.91 Å². The predicted molar refractivity (Wildman–Crippen MR) is 69.4 cm³/mol. The van der Waals surface area contributed by atoms with Crippen LogP contribution in [0, 0.1) is 6.92 Å². The number of amides is 1. The van der Waals surface area contributed by atoms with Crippen molar-refractivity contribution in [2.24, 2.45) is 0 Å². The van der Waals surface area contributed by atoms with Gasteiger partial charge in [0.05, 0.1) is 6.42 Å². The van der Waals surface area contributed by atoms with Gasteiger partial charge in [-0.3, -0.25) is 9.78 Å². The van der Waals surface area contributed by atoms with Gasteiger partial charge < -0.3 is 10.4 Å². The molecule has 0 atom stereocenters. The number of aromatic nitrogens is 1. The van der Waals surface area contributed by atoms with E-state index in [1.54, 1.807) is 49.6 Å². The molecule has 0 bridgehead atoms. The Labute approximate surface area is 105 Å². The predicted octanol–water partition coefficient (Wildman–Crippen LogP) is 2.28. The second-order valence-corrected chi connectivity index (χ2v) is 4.08. The van der Waals surface area contributed by atoms with Gasteiger partial charge in [-0.15, -0.1) is 0 Å². The fourth-order valence-electron chi connectivity index (χ4n) is 1.58. The summed E-state index contributed by atoms with van der Waals surface area (Å²) in [4.78, 5) is 15.7. The van der Waals surface area contributed by atoms with Crippen LogP contribution in [0.4, 0.5) is 5.69 Å². The van der Waals surface area contributed by atoms with Crippen LogP contribution in [0.3, 0.4) is 0 Å². The monoisotopic (exact) mass is 242 g/mol. The van der Waals surface area contributed by atoms with Gasteiger partial charge in [0, 0.05) is 24.1 Å². The van der Waals surface area contributed by atoms with Crippen molar-refractivity contribution < 1.29 is 9.90 Å². The molecule has 0 unspecified atom stereocenters. The lowest BCUT2D eigenvalue weighted by molar-refractivity contribution is -0.115. The van der Waals surface area contributed by atoms with E-state index in [0.717, 1.165) is 11.1 Å². The standard InChI is InChI=1S/C14H14N2O2/c1-10-2-3-12(9-13(10)17)16-14(18)8-11-4-6-15-7-5-11/h2-7,9,17H,8H2,1H3,(H,16,18). The maximum atomic E-state index is 11.8. The van der Waals surface area contributed by atoms with E-state index in [-0.39, 0.29) is 18.1 Å². The summed E-state index contributed by atoms with van der Waals surface area (Å²) < 4.78 is 0. The normalized spacial score (nSPS) is 10.1. The maximum absolute atomic E-state index is 11.8. The van der Waals surface area contributed by atoms with Crippen LogP contribution in [0.5, 0.6) is 5.75 Å². The van der Waals surface area contributed by atoms with Gasteiger partial charge in [-0.2, -0.15) is 0 Å². The highest BCUT2D eigenvalue weighted by atomic mass is 16.3. The largest absolute Gasteiger partial charge is 0.508 e. The zero-order valence-corrected chi connectivity index (χ0v) is 10.1. The number of carbonyl (C=O) groups excluding carboxylic acids is 1. The van der Waals surface area contributed by atoms with Crippen LogP contribution in [0.2, 0.25) is 0 Å². The molecule has 0 aliphatic heterocycles. The Morgan fingerprint density at radius 2 is 2.00 bits per heavy atom. The second kappa shape index (κ2) is 5.31. The van der Waals surface area contributed by atoms with Gasteiger partial charge in [-0.05, 0) is 36.2 Å². The molecule has 0 spiro atoms. The number of aromatic hydroxyl groups is 1. The van der Waals surface area contributed by atoms with E-state index < -0.39 is 0 Å². The third kappa shape index (κ3) is 3.07. The quantitative estimate of drug-likeness (QED) is 0.868. The number of phenolic OH excluding ortho intramolecular Hbond substituents is 1. The minimum atomic E-state index is -0.121. The lowest BCUT2D eigenvalue weighted by atomic mass is 10.1. The molecule has 0 saturated heterocycles. The van der Waals surface area contributed by atoms with Crippen LogP contribution in [0.15, 0.2) is 42.7 Å². The first-order valence-corrected chi connectivity index (χ1v) is 5.63. The average Bonchev–Trinajstić information content (AvgIpc) is 2.35. The Balaban J connectivity index is 2.01. The number of hydrogen-bond donors (Lipinski definition) is 2. The molecular formula is C14H14N2O2. The van der Waals surface area contributed by atoms with E-state index in [4.69, 9.17) is 0 Å². The molecule has 0 aliphatic rings. The number of anilines is 1. The highest BCUT2D eigenvalue weighted by molar-refractivity contribution is 5.92. The summed E-state index contributed by atoms with van der Waals surface area (Å²) in [5, 5.41) is 12.3. The SMILES string of the molecule is Cc1ccc(NC(=O)Cc2ccncc2)cc1O. The number of pyridine rings is 1. The van der Waals surface area contributed by atoms with Gasteiger partial charge in [-0.1, -0.05) is 6.07 Å². The van der Waals surface area contributed by atoms with Gasteiger partial charge in [0.15, 0.2) is 0 Å². The fourth-order valence-corrected chi connectivity index (χ4v) is 1.58. The van der Waals surface area contributed by atoms with E-state index in [1.165, 1.54) is 0 Å². The van der Waals surface area contributed by atoms with E-state index in [2.05, 4.69) is 10.3 Å². The van der Waals surface area contributed by atoms with E-state index in [1.807, 2.05) is 0 Å². The molecule has 92 valence electrons. The number of hydrogen-bond acceptors (Lipinski definition) is 3. The molecule has 18 heavy (non-hydrogen) atoms. The Bertz CT molecular complexity index is 553. The number of aryl methyl sites for hydroxylation is 1. The molecule has 1 aromatic carbocycles. The molecule has 0 aliphatic carbocycles. The van der Waals surface area contributed by atoms with Crippen LogP contribution in [-0.2, 0) is 11.2 Å². The first-order valence-electron chi connectivity index (χ1n) is 5.63. The number of rotatable bonds is 3. The smallest absolute Gasteiger partial charge is 0.228 e. The summed E-state index contributed by atoms with van der Waals surface area (Å²) >= 11 is 0. The first-order chi connectivity index (χ1) is 8.65. The van der Waals surface area contributed by atoms with Gasteiger partial charge in [0.1, 0.15) is 5.75 Å². The number of carbonyl (C=O) groups is 1. The van der Waals surface area contributed by atoms with Crippen molar-refractivity contribution in [3.05, 3.63) is 53.9 Å². The van der Waals surface area contributed by atoms with Crippen molar-refractivity contribution in [2.45, 2.75) is 13.3 Å². The highest BCUT2D eigenvalue weighted by Gasteiger charge is 2.05. The molecule has 0 fully saturated rings. The third-order valence-electron chi connectivity index (χ3n) is 2.61. The molecule has 4 nitrogen and oxygen atoms in total.